The minimum atomic E-state index is -0.817. The second-order valence-electron chi connectivity index (χ2n) is 9.50. The van der Waals surface area contributed by atoms with Gasteiger partial charge in [-0.1, -0.05) is 31.9 Å². The van der Waals surface area contributed by atoms with Crippen molar-refractivity contribution in [1.82, 2.24) is 9.80 Å². The number of nitrogens with zero attached hydrogens (tertiary/aromatic N) is 2. The van der Waals surface area contributed by atoms with Gasteiger partial charge in [0.2, 0.25) is 17.7 Å². The lowest BCUT2D eigenvalue weighted by molar-refractivity contribution is -0.157. The number of carbonyl (C=O) groups is 5. The first-order valence-electron chi connectivity index (χ1n) is 12.3. The summed E-state index contributed by atoms with van der Waals surface area (Å²) in [6, 6.07) is 5.34. The van der Waals surface area contributed by atoms with E-state index in [1.54, 1.807) is 6.07 Å². The number of imide groups is 1. The molecule has 4 amide bonds. The Morgan fingerprint density at radius 3 is 2.34 bits per heavy atom. The summed E-state index contributed by atoms with van der Waals surface area (Å²) in [6.45, 7) is 6.32. The number of esters is 1. The summed E-state index contributed by atoms with van der Waals surface area (Å²) < 4.78 is 5.12. The Labute approximate surface area is 206 Å². The molecule has 1 saturated heterocycles. The second kappa shape index (κ2) is 11.5. The van der Waals surface area contributed by atoms with Crippen molar-refractivity contribution in [2.45, 2.75) is 65.8 Å². The molecule has 1 saturated carbocycles. The van der Waals surface area contributed by atoms with Crippen LogP contribution in [0.4, 0.5) is 5.69 Å². The Kier molecular flexibility index (Phi) is 8.64. The molecular formula is C26H35N3O6. The van der Waals surface area contributed by atoms with Crippen LogP contribution in [0.3, 0.4) is 0 Å². The van der Waals surface area contributed by atoms with Gasteiger partial charge in [0.1, 0.15) is 13.1 Å². The van der Waals surface area contributed by atoms with Gasteiger partial charge in [0.05, 0.1) is 11.8 Å². The Morgan fingerprint density at radius 1 is 1.11 bits per heavy atom. The predicted molar refractivity (Wildman–Crippen MR) is 129 cm³/mol. The Morgan fingerprint density at radius 2 is 1.74 bits per heavy atom. The predicted octanol–water partition coefficient (Wildman–Crippen LogP) is 2.59. The molecule has 190 valence electrons. The quantitative estimate of drug-likeness (QED) is 0.425. The Balaban J connectivity index is 1.55. The van der Waals surface area contributed by atoms with E-state index in [1.165, 1.54) is 4.90 Å². The first-order valence-corrected chi connectivity index (χ1v) is 12.3. The lowest BCUT2D eigenvalue weighted by Gasteiger charge is -2.28. The number of nitrogens with one attached hydrogen (secondary N) is 1. The van der Waals surface area contributed by atoms with Crippen LogP contribution < -0.4 is 5.32 Å². The average Bonchev–Trinajstić information content (AvgIpc) is 3.08. The SMILES string of the molecule is CC[C@H](C)N(CC(=O)Nc1cccc(C)c1C)C(=O)COC(=O)CN1C(=O)[C@H]2CCCC[C@H]2C1=O. The normalized spacial score (nSPS) is 20.3. The van der Waals surface area contributed by atoms with E-state index < -0.39 is 25.0 Å². The van der Waals surface area contributed by atoms with Crippen LogP contribution in [0.15, 0.2) is 18.2 Å². The standard InChI is InChI=1S/C26H35N3O6/c1-5-17(3)28(13-22(30)27-21-12-8-9-16(2)18(21)4)23(31)15-35-24(32)14-29-25(33)19-10-6-7-11-20(19)26(29)34/h8-9,12,17,19-20H,5-7,10-11,13-15H2,1-4H3,(H,27,30)/t17-,19-,20+/m0/s1. The van der Waals surface area contributed by atoms with Crippen LogP contribution in [0.2, 0.25) is 0 Å². The van der Waals surface area contributed by atoms with Crippen molar-refractivity contribution in [3.63, 3.8) is 0 Å². The van der Waals surface area contributed by atoms with Gasteiger partial charge in [-0.3, -0.25) is 28.9 Å². The van der Waals surface area contributed by atoms with E-state index in [0.717, 1.165) is 28.9 Å². The third kappa shape index (κ3) is 6.07. The summed E-state index contributed by atoms with van der Waals surface area (Å²) in [4.78, 5) is 65.4. The molecule has 3 atom stereocenters. The number of likely N-dealkylation sites (tertiary alicyclic amines) is 1. The number of aryl methyl sites for hydroxylation is 1. The number of anilines is 1. The van der Waals surface area contributed by atoms with Gasteiger partial charge in [-0.15, -0.1) is 0 Å². The third-order valence-corrected chi connectivity index (χ3v) is 7.21. The smallest absolute Gasteiger partial charge is 0.326 e. The fourth-order valence-electron chi connectivity index (χ4n) is 4.73. The van der Waals surface area contributed by atoms with Gasteiger partial charge in [0.25, 0.3) is 5.91 Å². The number of fused-ring (bicyclic) bond motifs is 1. The molecule has 1 aromatic carbocycles. The lowest BCUT2D eigenvalue weighted by atomic mass is 9.81. The van der Waals surface area contributed by atoms with E-state index in [4.69, 9.17) is 4.74 Å². The molecule has 2 aliphatic rings. The molecule has 1 aliphatic heterocycles. The largest absolute Gasteiger partial charge is 0.454 e. The molecule has 1 heterocycles. The first kappa shape index (κ1) is 26.4. The molecule has 9 heteroatoms. The van der Waals surface area contributed by atoms with E-state index >= 15 is 0 Å². The minimum Gasteiger partial charge on any atom is -0.454 e. The van der Waals surface area contributed by atoms with Gasteiger partial charge in [-0.2, -0.15) is 0 Å². The monoisotopic (exact) mass is 485 g/mol. The highest BCUT2D eigenvalue weighted by Crippen LogP contribution is 2.37. The van der Waals surface area contributed by atoms with Crippen molar-refractivity contribution in [3.05, 3.63) is 29.3 Å². The Hall–Kier alpha value is -3.23. The van der Waals surface area contributed by atoms with Crippen LogP contribution in [0.25, 0.3) is 0 Å². The molecule has 9 nitrogen and oxygen atoms in total. The summed E-state index contributed by atoms with van der Waals surface area (Å²) in [5.41, 5.74) is 2.67. The van der Waals surface area contributed by atoms with E-state index in [-0.39, 0.29) is 42.1 Å². The van der Waals surface area contributed by atoms with Crippen LogP contribution in [0, 0.1) is 25.7 Å². The highest BCUT2D eigenvalue weighted by Gasteiger charge is 2.48. The Bertz CT molecular complexity index is 983. The van der Waals surface area contributed by atoms with Gasteiger partial charge < -0.3 is 15.0 Å². The van der Waals surface area contributed by atoms with Crippen molar-refractivity contribution in [2.75, 3.05) is 25.0 Å². The number of hydrogen-bond acceptors (Lipinski definition) is 6. The summed E-state index contributed by atoms with van der Waals surface area (Å²) in [7, 11) is 0. The average molecular weight is 486 g/mol. The van der Waals surface area contributed by atoms with Crippen LogP contribution in [0.5, 0.6) is 0 Å². The molecule has 2 fully saturated rings. The maximum absolute atomic E-state index is 12.8. The zero-order chi connectivity index (χ0) is 25.7. The molecule has 0 bridgehead atoms. The van der Waals surface area contributed by atoms with Crippen molar-refractivity contribution in [1.29, 1.82) is 0 Å². The van der Waals surface area contributed by atoms with Gasteiger partial charge in [0, 0.05) is 11.7 Å². The summed E-state index contributed by atoms with van der Waals surface area (Å²) in [5, 5.41) is 2.84. The topological polar surface area (TPSA) is 113 Å². The van der Waals surface area contributed by atoms with Gasteiger partial charge in [-0.05, 0) is 57.2 Å². The highest BCUT2D eigenvalue weighted by molar-refractivity contribution is 6.07. The lowest BCUT2D eigenvalue weighted by Crippen LogP contribution is -2.45. The summed E-state index contributed by atoms with van der Waals surface area (Å²) in [5.74, 6) is -3.03. The molecule has 3 rings (SSSR count). The first-order chi connectivity index (χ1) is 16.6. The maximum atomic E-state index is 12.8. The zero-order valence-corrected chi connectivity index (χ0v) is 21.0. The van der Waals surface area contributed by atoms with Crippen molar-refractivity contribution < 1.29 is 28.7 Å². The molecule has 1 aromatic rings. The van der Waals surface area contributed by atoms with Gasteiger partial charge in [0.15, 0.2) is 6.61 Å². The molecule has 1 N–H and O–H groups in total. The molecule has 0 spiro atoms. The molecule has 0 unspecified atom stereocenters. The van der Waals surface area contributed by atoms with Gasteiger partial charge >= 0.3 is 5.97 Å². The van der Waals surface area contributed by atoms with Crippen LogP contribution in [-0.4, -0.2) is 65.1 Å². The molecule has 0 aromatic heterocycles. The van der Waals surface area contributed by atoms with E-state index in [2.05, 4.69) is 5.32 Å². The molecule has 35 heavy (non-hydrogen) atoms. The molecule has 0 radical (unpaired) electrons. The number of benzene rings is 1. The second-order valence-corrected chi connectivity index (χ2v) is 9.50. The molecular weight excluding hydrogens is 450 g/mol. The molecule has 1 aliphatic carbocycles. The number of hydrogen-bond donors (Lipinski definition) is 1. The third-order valence-electron chi connectivity index (χ3n) is 7.21. The summed E-state index contributed by atoms with van der Waals surface area (Å²) in [6.07, 6.45) is 3.72. The van der Waals surface area contributed by atoms with Crippen LogP contribution in [0.1, 0.15) is 57.1 Å². The van der Waals surface area contributed by atoms with Crippen molar-refractivity contribution in [2.24, 2.45) is 11.8 Å². The summed E-state index contributed by atoms with van der Waals surface area (Å²) >= 11 is 0. The fraction of sp³-hybridized carbons (Fsp3) is 0.577. The zero-order valence-electron chi connectivity index (χ0n) is 21.0. The number of amides is 4. The van der Waals surface area contributed by atoms with Crippen LogP contribution in [-0.2, 0) is 28.7 Å². The maximum Gasteiger partial charge on any atom is 0.326 e. The fourth-order valence-corrected chi connectivity index (χ4v) is 4.73. The number of ether oxygens (including phenoxy) is 1. The number of rotatable bonds is 9. The van der Waals surface area contributed by atoms with Crippen LogP contribution >= 0.6 is 0 Å². The van der Waals surface area contributed by atoms with E-state index in [9.17, 15) is 24.0 Å². The highest BCUT2D eigenvalue weighted by atomic mass is 16.5. The van der Waals surface area contributed by atoms with Gasteiger partial charge in [-0.25, -0.2) is 0 Å². The van der Waals surface area contributed by atoms with Crippen molar-refractivity contribution >= 4 is 35.3 Å². The van der Waals surface area contributed by atoms with E-state index in [0.29, 0.717) is 24.9 Å². The van der Waals surface area contributed by atoms with E-state index in [1.807, 2.05) is 39.8 Å². The number of carbonyl (C=O) groups excluding carboxylic acids is 5. The minimum absolute atomic E-state index is 0.189. The van der Waals surface area contributed by atoms with Crippen molar-refractivity contribution in [3.8, 4) is 0 Å².